The van der Waals surface area contributed by atoms with Gasteiger partial charge in [-0.1, -0.05) is 23.7 Å². The van der Waals surface area contributed by atoms with Crippen LogP contribution in [0.1, 0.15) is 23.0 Å². The third kappa shape index (κ3) is 4.17. The number of anilines is 1. The van der Waals surface area contributed by atoms with Crippen molar-refractivity contribution in [1.29, 1.82) is 0 Å². The summed E-state index contributed by atoms with van der Waals surface area (Å²) in [4.78, 5) is 29.0. The summed E-state index contributed by atoms with van der Waals surface area (Å²) in [6.45, 7) is 2.19. The molecule has 2 aromatic carbocycles. The maximum Gasteiger partial charge on any atom is 0.277 e. The second-order valence-electron chi connectivity index (χ2n) is 8.47. The molecule has 178 valence electrons. The van der Waals surface area contributed by atoms with Crippen LogP contribution in [-0.2, 0) is 17.9 Å². The predicted octanol–water partition coefficient (Wildman–Crippen LogP) is 4.54. The number of rotatable bonds is 6. The molecule has 2 aromatic heterocycles. The Labute approximate surface area is 207 Å². The van der Waals surface area contributed by atoms with Gasteiger partial charge in [-0.05, 0) is 61.0 Å². The number of hydrogen-bond acceptors (Lipinski definition) is 5. The quantitative estimate of drug-likeness (QED) is 0.428. The second kappa shape index (κ2) is 8.96. The third-order valence-corrected chi connectivity index (χ3v) is 6.37. The van der Waals surface area contributed by atoms with Crippen LogP contribution in [0.5, 0.6) is 5.75 Å². The lowest BCUT2D eigenvalue weighted by Gasteiger charge is -2.43. The molecule has 1 N–H and O–H groups in total. The number of hydrogen-bond donors (Lipinski definition) is 1. The SMILES string of the molecule is COc1ccc(N2C(=O)c3cc(-c4ccco4)nn3C[C@]2(C)C(=O)NCc2ccc(Cl)cc2)cc1. The normalized spacial score (nSPS) is 17.2. The van der Waals surface area contributed by atoms with Gasteiger partial charge in [0.15, 0.2) is 5.76 Å². The number of ether oxygens (including phenoxy) is 1. The number of nitrogens with zero attached hydrogens (tertiary/aromatic N) is 3. The van der Waals surface area contributed by atoms with E-state index in [1.165, 1.54) is 4.90 Å². The molecule has 0 saturated carbocycles. The van der Waals surface area contributed by atoms with E-state index in [9.17, 15) is 9.59 Å². The number of fused-ring (bicyclic) bond motifs is 1. The fourth-order valence-electron chi connectivity index (χ4n) is 4.24. The van der Waals surface area contributed by atoms with Crippen molar-refractivity contribution in [2.24, 2.45) is 0 Å². The number of furan rings is 1. The Morgan fingerprint density at radius 3 is 2.57 bits per heavy atom. The lowest BCUT2D eigenvalue weighted by atomic mass is 9.93. The highest BCUT2D eigenvalue weighted by molar-refractivity contribution is 6.30. The average Bonchev–Trinajstić information content (AvgIpc) is 3.54. The van der Waals surface area contributed by atoms with Crippen LogP contribution in [0.2, 0.25) is 5.02 Å². The molecule has 1 aliphatic heterocycles. The molecule has 0 bridgehead atoms. The fraction of sp³-hybridized carbons (Fsp3) is 0.192. The number of benzene rings is 2. The molecule has 35 heavy (non-hydrogen) atoms. The summed E-state index contributed by atoms with van der Waals surface area (Å²) in [7, 11) is 1.57. The molecule has 3 heterocycles. The van der Waals surface area contributed by atoms with E-state index >= 15 is 0 Å². The minimum atomic E-state index is -1.25. The maximum absolute atomic E-state index is 13.8. The molecule has 5 rings (SSSR count). The number of carbonyl (C=O) groups is 2. The third-order valence-electron chi connectivity index (χ3n) is 6.11. The van der Waals surface area contributed by atoms with Gasteiger partial charge in [0, 0.05) is 23.3 Å². The lowest BCUT2D eigenvalue weighted by molar-refractivity contribution is -0.126. The molecule has 0 fully saturated rings. The second-order valence-corrected chi connectivity index (χ2v) is 8.91. The summed E-state index contributed by atoms with van der Waals surface area (Å²) in [6.07, 6.45) is 1.55. The van der Waals surface area contributed by atoms with Crippen LogP contribution in [-0.4, -0.2) is 34.2 Å². The van der Waals surface area contributed by atoms with E-state index in [-0.39, 0.29) is 18.4 Å². The molecule has 0 radical (unpaired) electrons. The Kier molecular flexibility index (Phi) is 5.82. The van der Waals surface area contributed by atoms with Crippen LogP contribution < -0.4 is 15.0 Å². The van der Waals surface area contributed by atoms with Crippen LogP contribution in [0.25, 0.3) is 11.5 Å². The Balaban J connectivity index is 1.52. The molecule has 1 atom stereocenters. The molecule has 0 saturated heterocycles. The zero-order valence-corrected chi connectivity index (χ0v) is 20.0. The maximum atomic E-state index is 13.8. The molecule has 0 aliphatic carbocycles. The van der Waals surface area contributed by atoms with Crippen LogP contribution in [0.3, 0.4) is 0 Å². The van der Waals surface area contributed by atoms with Gasteiger partial charge in [0.05, 0.1) is 19.9 Å². The zero-order valence-electron chi connectivity index (χ0n) is 19.2. The first-order chi connectivity index (χ1) is 16.9. The molecule has 1 aliphatic rings. The largest absolute Gasteiger partial charge is 0.497 e. The van der Waals surface area contributed by atoms with Crippen LogP contribution in [0, 0.1) is 0 Å². The van der Waals surface area contributed by atoms with Crippen molar-refractivity contribution >= 4 is 29.1 Å². The number of carbonyl (C=O) groups excluding carboxylic acids is 2. The molecule has 8 nitrogen and oxygen atoms in total. The molecular weight excluding hydrogens is 468 g/mol. The number of aromatic nitrogens is 2. The van der Waals surface area contributed by atoms with Gasteiger partial charge in [-0.2, -0.15) is 5.10 Å². The Morgan fingerprint density at radius 2 is 1.91 bits per heavy atom. The minimum Gasteiger partial charge on any atom is -0.497 e. The highest BCUT2D eigenvalue weighted by atomic mass is 35.5. The fourth-order valence-corrected chi connectivity index (χ4v) is 4.36. The van der Waals surface area contributed by atoms with E-state index in [1.54, 1.807) is 79.6 Å². The van der Waals surface area contributed by atoms with Crippen molar-refractivity contribution in [2.75, 3.05) is 12.0 Å². The van der Waals surface area contributed by atoms with Crippen LogP contribution >= 0.6 is 11.6 Å². The topological polar surface area (TPSA) is 89.6 Å². The molecule has 0 unspecified atom stereocenters. The summed E-state index contributed by atoms with van der Waals surface area (Å²) in [5, 5.41) is 8.16. The number of amides is 2. The van der Waals surface area contributed by atoms with Gasteiger partial charge in [0.25, 0.3) is 5.91 Å². The first-order valence-electron chi connectivity index (χ1n) is 11.0. The first kappa shape index (κ1) is 22.7. The van der Waals surface area contributed by atoms with Gasteiger partial charge < -0.3 is 14.5 Å². The van der Waals surface area contributed by atoms with Gasteiger partial charge in [0.2, 0.25) is 5.91 Å². The Morgan fingerprint density at radius 1 is 1.17 bits per heavy atom. The molecule has 0 spiro atoms. The van der Waals surface area contributed by atoms with Crippen molar-refractivity contribution in [2.45, 2.75) is 25.6 Å². The van der Waals surface area contributed by atoms with Crippen molar-refractivity contribution in [3.63, 3.8) is 0 Å². The number of methoxy groups -OCH3 is 1. The Bertz CT molecular complexity index is 1360. The molecule has 9 heteroatoms. The van der Waals surface area contributed by atoms with E-state index in [2.05, 4.69) is 10.4 Å². The van der Waals surface area contributed by atoms with E-state index in [0.29, 0.717) is 40.2 Å². The van der Waals surface area contributed by atoms with E-state index < -0.39 is 5.54 Å². The van der Waals surface area contributed by atoms with Crippen LogP contribution in [0.15, 0.2) is 77.4 Å². The predicted molar refractivity (Wildman–Crippen MR) is 131 cm³/mol. The van der Waals surface area contributed by atoms with Crippen molar-refractivity contribution in [3.05, 3.63) is 89.3 Å². The van der Waals surface area contributed by atoms with Crippen molar-refractivity contribution in [1.82, 2.24) is 15.1 Å². The molecule has 4 aromatic rings. The van der Waals surface area contributed by atoms with Gasteiger partial charge in [-0.3, -0.25) is 19.2 Å². The summed E-state index contributed by atoms with van der Waals surface area (Å²) in [5.74, 6) is 0.551. The van der Waals surface area contributed by atoms with Gasteiger partial charge >= 0.3 is 0 Å². The summed E-state index contributed by atoms with van der Waals surface area (Å²) in [5.41, 5.74) is 1.11. The summed E-state index contributed by atoms with van der Waals surface area (Å²) >= 11 is 5.97. The molecule has 2 amide bonds. The highest BCUT2D eigenvalue weighted by Gasteiger charge is 2.49. The van der Waals surface area contributed by atoms with Crippen molar-refractivity contribution in [3.8, 4) is 17.2 Å². The first-order valence-corrected chi connectivity index (χ1v) is 11.4. The smallest absolute Gasteiger partial charge is 0.277 e. The summed E-state index contributed by atoms with van der Waals surface area (Å²) in [6, 6.07) is 19.5. The molecular formula is C26H23ClN4O4. The van der Waals surface area contributed by atoms with Gasteiger partial charge in [-0.25, -0.2) is 0 Å². The zero-order chi connectivity index (χ0) is 24.6. The standard InChI is InChI=1S/C26H23ClN4O4/c1-26(25(33)28-15-17-5-7-18(27)8-6-17)16-30-22(14-21(29-30)23-4-3-13-35-23)24(32)31(26)19-9-11-20(34-2)12-10-19/h3-14H,15-16H2,1-2H3,(H,28,33)/t26-/m1/s1. The van der Waals surface area contributed by atoms with E-state index in [1.807, 2.05) is 12.1 Å². The van der Waals surface area contributed by atoms with Crippen LogP contribution in [0.4, 0.5) is 5.69 Å². The van der Waals surface area contributed by atoms with Gasteiger partial charge in [0.1, 0.15) is 22.7 Å². The number of halogens is 1. The highest BCUT2D eigenvalue weighted by Crippen LogP contribution is 2.35. The van der Waals surface area contributed by atoms with Gasteiger partial charge in [-0.15, -0.1) is 0 Å². The van der Waals surface area contributed by atoms with E-state index in [4.69, 9.17) is 20.8 Å². The summed E-state index contributed by atoms with van der Waals surface area (Å²) < 4.78 is 12.3. The Hall–Kier alpha value is -4.04. The minimum absolute atomic E-state index is 0.160. The van der Waals surface area contributed by atoms with Crippen molar-refractivity contribution < 1.29 is 18.7 Å². The lowest BCUT2D eigenvalue weighted by Crippen LogP contribution is -2.64. The van der Waals surface area contributed by atoms with E-state index in [0.717, 1.165) is 5.56 Å². The monoisotopic (exact) mass is 490 g/mol. The number of nitrogens with one attached hydrogen (secondary N) is 1. The average molecular weight is 491 g/mol.